The first-order valence-corrected chi connectivity index (χ1v) is 22.9. The number of halogens is 4. The van der Waals surface area contributed by atoms with Crippen LogP contribution in [-0.2, 0) is 14.6 Å². The minimum absolute atomic E-state index is 0.00596. The molecule has 7 aliphatic rings. The van der Waals surface area contributed by atoms with Gasteiger partial charge in [0.05, 0.1) is 16.9 Å². The third-order valence-corrected chi connectivity index (χ3v) is 19.7. The lowest BCUT2D eigenvalue weighted by Crippen LogP contribution is -2.70. The first kappa shape index (κ1) is 41.4. The van der Waals surface area contributed by atoms with Crippen LogP contribution in [0.4, 0.5) is 17.6 Å². The fourth-order valence-corrected chi connectivity index (χ4v) is 16.1. The summed E-state index contributed by atoms with van der Waals surface area (Å²) < 4.78 is 83.2. The second-order valence-corrected chi connectivity index (χ2v) is 23.0. The van der Waals surface area contributed by atoms with Crippen LogP contribution in [0, 0.1) is 56.7 Å². The maximum Gasteiger partial charge on any atom is 0.405 e. The van der Waals surface area contributed by atoms with E-state index in [9.17, 15) is 22.7 Å². The van der Waals surface area contributed by atoms with Crippen molar-refractivity contribution in [1.82, 2.24) is 10.2 Å². The van der Waals surface area contributed by atoms with E-state index in [1.807, 2.05) is 6.08 Å². The van der Waals surface area contributed by atoms with Gasteiger partial charge in [-0.05, 0) is 146 Å². The summed E-state index contributed by atoms with van der Waals surface area (Å²) in [6, 6.07) is -1.73. The van der Waals surface area contributed by atoms with Crippen LogP contribution in [0.1, 0.15) is 119 Å². The van der Waals surface area contributed by atoms with Gasteiger partial charge in [0.1, 0.15) is 12.7 Å². The monoisotopic (exact) mass is 794 g/mol. The molecule has 0 aromatic carbocycles. The summed E-state index contributed by atoms with van der Waals surface area (Å²) in [5.74, 6) is 0.0899. The van der Waals surface area contributed by atoms with Gasteiger partial charge < -0.3 is 5.11 Å². The number of rotatable bonds is 8. The van der Waals surface area contributed by atoms with Gasteiger partial charge in [0.2, 0.25) is 0 Å². The molecule has 11 atom stereocenters. The minimum Gasteiger partial charge on any atom is -0.481 e. The van der Waals surface area contributed by atoms with Crippen LogP contribution >= 0.6 is 0 Å². The zero-order valence-corrected chi connectivity index (χ0v) is 34.9. The van der Waals surface area contributed by atoms with E-state index in [4.69, 9.17) is 0 Å². The van der Waals surface area contributed by atoms with Crippen molar-refractivity contribution in [2.45, 2.75) is 136 Å². The number of hydrogen-bond acceptors (Lipinski definition) is 5. The Morgan fingerprint density at radius 2 is 1.64 bits per heavy atom. The first-order chi connectivity index (χ1) is 25.5. The second-order valence-electron chi connectivity index (χ2n) is 20.7. The quantitative estimate of drug-likeness (QED) is 0.188. The highest BCUT2D eigenvalue weighted by Gasteiger charge is 2.71. The molecule has 0 aromatic rings. The van der Waals surface area contributed by atoms with Gasteiger partial charge in [-0.15, -0.1) is 0 Å². The Labute approximate surface area is 327 Å². The summed E-state index contributed by atoms with van der Waals surface area (Å²) in [6.45, 7) is 17.9. The number of sulfone groups is 1. The van der Waals surface area contributed by atoms with Gasteiger partial charge in [0, 0.05) is 25.2 Å². The molecular weight excluding hydrogens is 729 g/mol. The number of nitrogens with zero attached hydrogens (tertiary/aromatic N) is 1. The number of allylic oxidation sites excluding steroid dienone is 5. The molecule has 0 amide bonds. The van der Waals surface area contributed by atoms with Crippen molar-refractivity contribution in [3.8, 4) is 0 Å². The third kappa shape index (κ3) is 6.44. The molecule has 11 heteroatoms. The molecule has 2 unspecified atom stereocenters. The number of alkyl halides is 4. The zero-order chi connectivity index (χ0) is 40.2. The number of fused-ring (bicyclic) bond motifs is 7. The molecule has 0 bridgehead atoms. The fraction of sp³-hybridized carbons (Fsp3) is 0.841. The lowest BCUT2D eigenvalue weighted by Gasteiger charge is -2.72. The number of aliphatic carboxylic acids is 1. The van der Waals surface area contributed by atoms with E-state index in [2.05, 4.69) is 59.5 Å². The topological polar surface area (TPSA) is 86.7 Å². The highest BCUT2D eigenvalue weighted by molar-refractivity contribution is 7.91. The van der Waals surface area contributed by atoms with Crippen molar-refractivity contribution >= 4 is 15.8 Å². The van der Waals surface area contributed by atoms with Crippen LogP contribution in [0.15, 0.2) is 35.5 Å². The summed E-state index contributed by atoms with van der Waals surface area (Å²) in [5.41, 5.74) is 1.44. The van der Waals surface area contributed by atoms with E-state index in [-0.39, 0.29) is 77.0 Å². The SMILES string of the molecule is C=C(C)[C@@H]1CC[C@]2(NC(CN3CCS(=O)(=O)CC3)C(F)(F)F)CC[C@]3(C)[C@H](CC[C@@H]4[C@@]5(C)CC=C(C6=CCC(CF)(C(=O)O)CC6)C(C)(C)[C@@H]5CC[C@]43C)[C@@H]12. The Kier molecular flexibility index (Phi) is 10.3. The number of carboxylic acid groups (broad SMARTS) is 1. The molecule has 6 nitrogen and oxygen atoms in total. The van der Waals surface area contributed by atoms with Crippen LogP contribution < -0.4 is 5.32 Å². The maximum atomic E-state index is 15.0. The number of carbonyl (C=O) groups is 1. The molecule has 0 aromatic heterocycles. The van der Waals surface area contributed by atoms with Crippen molar-refractivity contribution in [3.63, 3.8) is 0 Å². The molecule has 0 spiro atoms. The van der Waals surface area contributed by atoms with Crippen molar-refractivity contribution in [1.29, 1.82) is 0 Å². The van der Waals surface area contributed by atoms with E-state index in [1.165, 1.54) is 11.1 Å². The smallest absolute Gasteiger partial charge is 0.405 e. The number of hydrogen-bond donors (Lipinski definition) is 2. The van der Waals surface area contributed by atoms with E-state index in [0.29, 0.717) is 37.5 Å². The highest BCUT2D eigenvalue weighted by atomic mass is 32.2. The fourth-order valence-electron chi connectivity index (χ4n) is 14.8. The molecule has 55 heavy (non-hydrogen) atoms. The van der Waals surface area contributed by atoms with Crippen LogP contribution in [0.2, 0.25) is 0 Å². The van der Waals surface area contributed by atoms with Gasteiger partial charge in [0.25, 0.3) is 0 Å². The lowest BCUT2D eigenvalue weighted by atomic mass is 9.33. The predicted octanol–water partition coefficient (Wildman–Crippen LogP) is 9.33. The minimum atomic E-state index is -4.46. The van der Waals surface area contributed by atoms with Gasteiger partial charge in [-0.1, -0.05) is 58.9 Å². The Hall–Kier alpha value is -1.72. The van der Waals surface area contributed by atoms with Gasteiger partial charge >= 0.3 is 12.1 Å². The Balaban J connectivity index is 1.17. The number of carboxylic acids is 1. The summed E-state index contributed by atoms with van der Waals surface area (Å²) in [6.07, 6.45) is 9.29. The molecule has 1 heterocycles. The number of nitrogens with one attached hydrogen (secondary N) is 1. The van der Waals surface area contributed by atoms with Crippen LogP contribution in [0.25, 0.3) is 0 Å². The van der Waals surface area contributed by atoms with E-state index < -0.39 is 45.7 Å². The first-order valence-electron chi connectivity index (χ1n) is 21.1. The molecule has 1 saturated heterocycles. The zero-order valence-electron chi connectivity index (χ0n) is 34.1. The summed E-state index contributed by atoms with van der Waals surface area (Å²) >= 11 is 0. The molecule has 4 saturated carbocycles. The maximum absolute atomic E-state index is 15.0. The van der Waals surface area contributed by atoms with Crippen LogP contribution in [-0.4, -0.2) is 80.0 Å². The van der Waals surface area contributed by atoms with Gasteiger partial charge in [-0.2, -0.15) is 13.2 Å². The van der Waals surface area contributed by atoms with Crippen molar-refractivity contribution < 1.29 is 35.9 Å². The molecule has 7 rings (SSSR count). The van der Waals surface area contributed by atoms with Crippen LogP contribution in [0.5, 0.6) is 0 Å². The van der Waals surface area contributed by atoms with Crippen molar-refractivity contribution in [3.05, 3.63) is 35.5 Å². The van der Waals surface area contributed by atoms with Crippen molar-refractivity contribution in [2.24, 2.45) is 56.7 Å². The molecule has 5 fully saturated rings. The second kappa shape index (κ2) is 13.7. The standard InChI is InChI=1S/C44H66F4N2O4S/c1-28(2)30-12-19-43(49-35(44(46,47)48)26-50-22-24-55(53,54)25-23-50)21-20-40(6)32(36(30)43)8-9-34-39(5)15-13-31(38(3,4)33(39)14-16-41(34,40)7)29-10-17-42(27-45,18-11-29)37(51)52/h10,13,30,32-36,49H,1,8-9,11-12,14-27H2,2-7H3,(H,51,52)/t30-,32+,33-,34+,35?,36+,39-,40+,41+,42?,43-/m0/s1. The summed E-state index contributed by atoms with van der Waals surface area (Å²) in [4.78, 5) is 13.7. The molecule has 310 valence electrons. The lowest BCUT2D eigenvalue weighted by molar-refractivity contribution is -0.225. The third-order valence-electron chi connectivity index (χ3n) is 18.0. The summed E-state index contributed by atoms with van der Waals surface area (Å²) in [5, 5.41) is 13.2. The predicted molar refractivity (Wildman–Crippen MR) is 209 cm³/mol. The average molecular weight is 795 g/mol. The average Bonchev–Trinajstić information content (AvgIpc) is 3.48. The molecule has 0 radical (unpaired) electrons. The van der Waals surface area contributed by atoms with E-state index in [0.717, 1.165) is 50.5 Å². The Morgan fingerprint density at radius 3 is 2.22 bits per heavy atom. The van der Waals surface area contributed by atoms with Crippen LogP contribution in [0.3, 0.4) is 0 Å². The van der Waals surface area contributed by atoms with Gasteiger partial charge in [0.15, 0.2) is 9.84 Å². The Morgan fingerprint density at radius 1 is 0.945 bits per heavy atom. The molecule has 1 aliphatic heterocycles. The van der Waals surface area contributed by atoms with E-state index >= 15 is 13.2 Å². The van der Waals surface area contributed by atoms with Crippen molar-refractivity contribution in [2.75, 3.05) is 37.8 Å². The molecular formula is C44H66F4N2O4S. The normalized spacial score (nSPS) is 44.5. The highest BCUT2D eigenvalue weighted by Crippen LogP contribution is 2.76. The summed E-state index contributed by atoms with van der Waals surface area (Å²) in [7, 11) is -3.20. The Bertz CT molecular complexity index is 1730. The molecule has 2 N–H and O–H groups in total. The van der Waals surface area contributed by atoms with Gasteiger partial charge in [-0.25, -0.2) is 12.8 Å². The van der Waals surface area contributed by atoms with Gasteiger partial charge in [-0.3, -0.25) is 15.0 Å². The molecule has 6 aliphatic carbocycles. The largest absolute Gasteiger partial charge is 0.481 e. The van der Waals surface area contributed by atoms with E-state index in [1.54, 1.807) is 4.90 Å².